The van der Waals surface area contributed by atoms with Gasteiger partial charge < -0.3 is 10.1 Å². The Balaban J connectivity index is 1.67. The average Bonchev–Trinajstić information content (AvgIpc) is 3.22. The lowest BCUT2D eigenvalue weighted by Gasteiger charge is -2.11. The molecule has 0 bridgehead atoms. The molecule has 0 heterocycles. The van der Waals surface area contributed by atoms with Crippen LogP contribution in [0.3, 0.4) is 0 Å². The summed E-state index contributed by atoms with van der Waals surface area (Å²) in [5.41, 5.74) is -0.794. The molecule has 2 nitrogen and oxygen atoms in total. The molecule has 1 fully saturated rings. The van der Waals surface area contributed by atoms with Gasteiger partial charge in [-0.05, 0) is 49.4 Å². The summed E-state index contributed by atoms with van der Waals surface area (Å²) in [6.07, 6.45) is -1.34. The second-order valence-electron chi connectivity index (χ2n) is 5.36. The molecule has 21 heavy (non-hydrogen) atoms. The highest BCUT2D eigenvalue weighted by Gasteiger charge is 2.34. The summed E-state index contributed by atoms with van der Waals surface area (Å²) in [5, 5.41) is 3.03. The fraction of sp³-hybridized carbons (Fsp3) is 0.600. The van der Waals surface area contributed by atoms with Crippen molar-refractivity contribution in [3.63, 3.8) is 0 Å². The van der Waals surface area contributed by atoms with Gasteiger partial charge in [-0.2, -0.15) is 13.2 Å². The Morgan fingerprint density at radius 3 is 2.67 bits per heavy atom. The van der Waals surface area contributed by atoms with Crippen LogP contribution in [0.25, 0.3) is 0 Å². The van der Waals surface area contributed by atoms with E-state index >= 15 is 0 Å². The fourth-order valence-corrected chi connectivity index (χ4v) is 1.97. The lowest BCUT2D eigenvalue weighted by molar-refractivity contribution is -0.140. The van der Waals surface area contributed by atoms with E-state index in [1.54, 1.807) is 0 Å². The van der Waals surface area contributed by atoms with E-state index in [0.29, 0.717) is 18.7 Å². The normalized spacial score (nSPS) is 15.4. The molecule has 0 atom stereocenters. The van der Waals surface area contributed by atoms with Crippen LogP contribution in [-0.4, -0.2) is 19.8 Å². The maximum Gasteiger partial charge on any atom is 0.419 e. The number of halogens is 4. The molecule has 6 heteroatoms. The van der Waals surface area contributed by atoms with Crippen molar-refractivity contribution < 1.29 is 22.3 Å². The van der Waals surface area contributed by atoms with Gasteiger partial charge in [0.25, 0.3) is 0 Å². The Kier molecular flexibility index (Phi) is 5.58. The Morgan fingerprint density at radius 1 is 1.24 bits per heavy atom. The average molecular weight is 305 g/mol. The van der Waals surface area contributed by atoms with Gasteiger partial charge in [0, 0.05) is 19.8 Å². The molecule has 0 unspecified atom stereocenters. The van der Waals surface area contributed by atoms with Crippen LogP contribution in [-0.2, 0) is 17.5 Å². The lowest BCUT2D eigenvalue weighted by Crippen LogP contribution is -2.17. The molecule has 0 amide bonds. The first-order valence-electron chi connectivity index (χ1n) is 7.11. The van der Waals surface area contributed by atoms with Crippen molar-refractivity contribution in [3.8, 4) is 0 Å². The van der Waals surface area contributed by atoms with Crippen molar-refractivity contribution in [2.75, 3.05) is 19.8 Å². The van der Waals surface area contributed by atoms with Gasteiger partial charge in [-0.1, -0.05) is 6.07 Å². The Morgan fingerprint density at radius 2 is 2.00 bits per heavy atom. The van der Waals surface area contributed by atoms with Gasteiger partial charge in [0.1, 0.15) is 5.82 Å². The molecule has 2 rings (SSSR count). The van der Waals surface area contributed by atoms with Gasteiger partial charge in [-0.15, -0.1) is 0 Å². The van der Waals surface area contributed by atoms with E-state index in [2.05, 4.69) is 5.32 Å². The minimum atomic E-state index is -4.66. The quantitative estimate of drug-likeness (QED) is 0.583. The van der Waals surface area contributed by atoms with Crippen LogP contribution in [0.2, 0.25) is 0 Å². The van der Waals surface area contributed by atoms with Crippen LogP contribution >= 0.6 is 0 Å². The SMILES string of the molecule is Fc1ccc(CNCCCOCC2CC2)cc1C(F)(F)F. The van der Waals surface area contributed by atoms with Crippen molar-refractivity contribution in [1.82, 2.24) is 5.32 Å². The van der Waals surface area contributed by atoms with Crippen LogP contribution < -0.4 is 5.32 Å². The molecule has 1 saturated carbocycles. The minimum Gasteiger partial charge on any atom is -0.381 e. The summed E-state index contributed by atoms with van der Waals surface area (Å²) in [6.45, 7) is 2.41. The first kappa shape index (κ1) is 16.2. The predicted molar refractivity (Wildman–Crippen MR) is 71.3 cm³/mol. The highest BCUT2D eigenvalue weighted by molar-refractivity contribution is 5.27. The largest absolute Gasteiger partial charge is 0.419 e. The standard InChI is InChI=1S/C15H19F4NO/c16-14-5-4-12(8-13(14)15(17,18)19)9-20-6-1-7-21-10-11-2-3-11/h4-5,8,11,20H,1-3,6-7,9-10H2. The topological polar surface area (TPSA) is 21.3 Å². The first-order valence-corrected chi connectivity index (χ1v) is 7.11. The Bertz CT molecular complexity index is 457. The van der Waals surface area contributed by atoms with E-state index < -0.39 is 17.6 Å². The summed E-state index contributed by atoms with van der Waals surface area (Å²) < 4.78 is 56.2. The summed E-state index contributed by atoms with van der Waals surface area (Å²) in [4.78, 5) is 0. The molecule has 1 aliphatic carbocycles. The predicted octanol–water partition coefficient (Wildman–Crippen LogP) is 3.75. The molecule has 0 aliphatic heterocycles. The maximum atomic E-state index is 13.1. The highest BCUT2D eigenvalue weighted by atomic mass is 19.4. The summed E-state index contributed by atoms with van der Waals surface area (Å²) in [5.74, 6) is -0.502. The number of rotatable bonds is 8. The van der Waals surface area contributed by atoms with E-state index in [9.17, 15) is 17.6 Å². The Hall–Kier alpha value is -1.14. The molecule has 0 saturated heterocycles. The second kappa shape index (κ2) is 7.22. The molecule has 0 aromatic heterocycles. The maximum absolute atomic E-state index is 13.1. The Labute approximate surface area is 121 Å². The molecule has 1 aliphatic rings. The third-order valence-corrected chi connectivity index (χ3v) is 3.36. The lowest BCUT2D eigenvalue weighted by atomic mass is 10.1. The van der Waals surface area contributed by atoms with E-state index in [4.69, 9.17) is 4.74 Å². The number of hydrogen-bond acceptors (Lipinski definition) is 2. The zero-order valence-electron chi connectivity index (χ0n) is 11.7. The first-order chi connectivity index (χ1) is 9.97. The number of benzene rings is 1. The zero-order valence-corrected chi connectivity index (χ0v) is 11.7. The van der Waals surface area contributed by atoms with Crippen molar-refractivity contribution in [3.05, 3.63) is 35.1 Å². The molecular weight excluding hydrogens is 286 g/mol. The minimum absolute atomic E-state index is 0.284. The summed E-state index contributed by atoms with van der Waals surface area (Å²) >= 11 is 0. The molecule has 118 valence electrons. The van der Waals surface area contributed by atoms with Crippen molar-refractivity contribution >= 4 is 0 Å². The van der Waals surface area contributed by atoms with Crippen LogP contribution in [0.4, 0.5) is 17.6 Å². The third kappa shape index (κ3) is 5.63. The number of alkyl halides is 3. The van der Waals surface area contributed by atoms with E-state index in [0.717, 1.165) is 31.1 Å². The molecule has 1 N–H and O–H groups in total. The molecule has 0 radical (unpaired) electrons. The molecule has 0 spiro atoms. The molecule has 1 aromatic rings. The molecular formula is C15H19F4NO. The van der Waals surface area contributed by atoms with Gasteiger partial charge in [0.2, 0.25) is 0 Å². The van der Waals surface area contributed by atoms with Gasteiger partial charge in [-0.3, -0.25) is 0 Å². The molecule has 1 aromatic carbocycles. The fourth-order valence-electron chi connectivity index (χ4n) is 1.97. The van der Waals surface area contributed by atoms with Crippen LogP contribution in [0, 0.1) is 11.7 Å². The van der Waals surface area contributed by atoms with E-state index in [1.807, 2.05) is 0 Å². The highest BCUT2D eigenvalue weighted by Crippen LogP contribution is 2.31. The van der Waals surface area contributed by atoms with Crippen molar-refractivity contribution in [1.29, 1.82) is 0 Å². The van der Waals surface area contributed by atoms with E-state index in [-0.39, 0.29) is 6.54 Å². The van der Waals surface area contributed by atoms with Crippen LogP contribution in [0.5, 0.6) is 0 Å². The van der Waals surface area contributed by atoms with Gasteiger partial charge in [-0.25, -0.2) is 4.39 Å². The second-order valence-corrected chi connectivity index (χ2v) is 5.36. The number of ether oxygens (including phenoxy) is 1. The van der Waals surface area contributed by atoms with Crippen LogP contribution in [0.15, 0.2) is 18.2 Å². The van der Waals surface area contributed by atoms with Crippen LogP contribution in [0.1, 0.15) is 30.4 Å². The van der Waals surface area contributed by atoms with Gasteiger partial charge >= 0.3 is 6.18 Å². The summed E-state index contributed by atoms with van der Waals surface area (Å²) in [7, 11) is 0. The monoisotopic (exact) mass is 305 g/mol. The van der Waals surface area contributed by atoms with E-state index in [1.165, 1.54) is 18.9 Å². The smallest absolute Gasteiger partial charge is 0.381 e. The summed E-state index contributed by atoms with van der Waals surface area (Å²) in [6, 6.07) is 3.08. The van der Waals surface area contributed by atoms with Crippen molar-refractivity contribution in [2.24, 2.45) is 5.92 Å². The number of hydrogen-bond donors (Lipinski definition) is 1. The zero-order chi connectivity index (χ0) is 15.3. The number of nitrogens with one attached hydrogen (secondary N) is 1. The third-order valence-electron chi connectivity index (χ3n) is 3.36. The van der Waals surface area contributed by atoms with Gasteiger partial charge in [0.15, 0.2) is 0 Å². The van der Waals surface area contributed by atoms with Gasteiger partial charge in [0.05, 0.1) is 5.56 Å². The van der Waals surface area contributed by atoms with Crippen molar-refractivity contribution in [2.45, 2.75) is 32.0 Å².